The molecule has 0 bridgehead atoms. The highest BCUT2D eigenvalue weighted by Crippen LogP contribution is 2.22. The molecular formula is C25H22N4O2. The predicted molar refractivity (Wildman–Crippen MR) is 122 cm³/mol. The van der Waals surface area contributed by atoms with Crippen LogP contribution in [0, 0.1) is 13.8 Å². The van der Waals surface area contributed by atoms with Gasteiger partial charge in [0.05, 0.1) is 11.9 Å². The van der Waals surface area contributed by atoms with Crippen LogP contribution >= 0.6 is 0 Å². The summed E-state index contributed by atoms with van der Waals surface area (Å²) in [6.07, 6.45) is 1.57. The van der Waals surface area contributed by atoms with Crippen molar-refractivity contribution in [3.8, 4) is 22.8 Å². The molecule has 0 radical (unpaired) electrons. The van der Waals surface area contributed by atoms with E-state index in [0.717, 1.165) is 16.9 Å². The number of aromatic amines is 1. The van der Waals surface area contributed by atoms with Crippen LogP contribution in [-0.4, -0.2) is 22.3 Å². The molecule has 6 nitrogen and oxygen atoms in total. The minimum absolute atomic E-state index is 0.339. The molecule has 0 atom stereocenters. The van der Waals surface area contributed by atoms with Crippen molar-refractivity contribution >= 4 is 12.1 Å². The Kier molecular flexibility index (Phi) is 5.89. The van der Waals surface area contributed by atoms with E-state index >= 15 is 0 Å². The number of aromatic nitrogens is 2. The Hall–Kier alpha value is -4.19. The zero-order chi connectivity index (χ0) is 21.6. The normalized spacial score (nSPS) is 10.9. The monoisotopic (exact) mass is 410 g/mol. The zero-order valence-corrected chi connectivity index (χ0v) is 17.3. The van der Waals surface area contributed by atoms with E-state index in [2.05, 4.69) is 33.7 Å². The van der Waals surface area contributed by atoms with Crippen molar-refractivity contribution in [3.05, 3.63) is 101 Å². The minimum Gasteiger partial charge on any atom is -0.457 e. The second-order valence-corrected chi connectivity index (χ2v) is 7.15. The van der Waals surface area contributed by atoms with Gasteiger partial charge in [0, 0.05) is 5.56 Å². The maximum atomic E-state index is 12.4. The summed E-state index contributed by atoms with van der Waals surface area (Å²) in [5.41, 5.74) is 7.71. The molecule has 0 saturated heterocycles. The van der Waals surface area contributed by atoms with Gasteiger partial charge in [0.25, 0.3) is 5.91 Å². The third-order valence-corrected chi connectivity index (χ3v) is 4.84. The van der Waals surface area contributed by atoms with Crippen molar-refractivity contribution in [2.45, 2.75) is 13.8 Å². The van der Waals surface area contributed by atoms with Crippen molar-refractivity contribution in [2.24, 2.45) is 5.10 Å². The van der Waals surface area contributed by atoms with E-state index in [4.69, 9.17) is 4.74 Å². The summed E-state index contributed by atoms with van der Waals surface area (Å²) < 4.78 is 5.81. The number of H-pyrrole nitrogens is 1. The smallest absolute Gasteiger partial charge is 0.289 e. The molecule has 0 spiro atoms. The van der Waals surface area contributed by atoms with Gasteiger partial charge in [-0.05, 0) is 66.9 Å². The number of nitrogens with one attached hydrogen (secondary N) is 2. The van der Waals surface area contributed by atoms with Crippen molar-refractivity contribution in [3.63, 3.8) is 0 Å². The third kappa shape index (κ3) is 5.05. The zero-order valence-electron chi connectivity index (χ0n) is 17.3. The number of ether oxygens (including phenoxy) is 1. The summed E-state index contributed by atoms with van der Waals surface area (Å²) >= 11 is 0. The molecule has 4 rings (SSSR count). The third-order valence-electron chi connectivity index (χ3n) is 4.84. The molecule has 1 aromatic heterocycles. The van der Waals surface area contributed by atoms with Crippen molar-refractivity contribution < 1.29 is 9.53 Å². The number of carbonyl (C=O) groups is 1. The quantitative estimate of drug-likeness (QED) is 0.337. The Morgan fingerprint density at radius 1 is 0.935 bits per heavy atom. The Morgan fingerprint density at radius 3 is 2.55 bits per heavy atom. The fraction of sp³-hybridized carbons (Fsp3) is 0.0800. The molecule has 0 saturated carbocycles. The van der Waals surface area contributed by atoms with Gasteiger partial charge in [-0.3, -0.25) is 9.89 Å². The van der Waals surface area contributed by atoms with E-state index in [1.54, 1.807) is 12.3 Å². The number of nitrogens with zero attached hydrogens (tertiary/aromatic N) is 2. The highest BCUT2D eigenvalue weighted by atomic mass is 16.5. The van der Waals surface area contributed by atoms with Crippen LogP contribution in [0.4, 0.5) is 0 Å². The van der Waals surface area contributed by atoms with Crippen molar-refractivity contribution in [2.75, 3.05) is 0 Å². The summed E-state index contributed by atoms with van der Waals surface area (Å²) in [6.45, 7) is 4.11. The molecule has 0 aliphatic rings. The second kappa shape index (κ2) is 9.09. The lowest BCUT2D eigenvalue weighted by molar-refractivity contribution is 0.0950. The minimum atomic E-state index is -0.365. The number of para-hydroxylation sites is 1. The van der Waals surface area contributed by atoms with Gasteiger partial charge in [-0.2, -0.15) is 10.2 Å². The molecule has 3 aromatic carbocycles. The molecule has 1 heterocycles. The van der Waals surface area contributed by atoms with Gasteiger partial charge >= 0.3 is 0 Å². The first-order chi connectivity index (χ1) is 15.1. The van der Waals surface area contributed by atoms with E-state index in [-0.39, 0.29) is 5.91 Å². The molecule has 0 aliphatic heterocycles. The van der Waals surface area contributed by atoms with Gasteiger partial charge in [-0.1, -0.05) is 42.5 Å². The fourth-order valence-corrected chi connectivity index (χ4v) is 3.00. The molecule has 0 fully saturated rings. The van der Waals surface area contributed by atoms with Crippen LogP contribution < -0.4 is 10.2 Å². The maximum absolute atomic E-state index is 12.4. The van der Waals surface area contributed by atoms with E-state index in [1.807, 2.05) is 73.7 Å². The first-order valence-electron chi connectivity index (χ1n) is 9.88. The Balaban J connectivity index is 1.39. The lowest BCUT2D eigenvalue weighted by atomic mass is 10.0. The van der Waals surface area contributed by atoms with E-state index < -0.39 is 0 Å². The summed E-state index contributed by atoms with van der Waals surface area (Å²) in [5, 5.41) is 11.1. The molecule has 6 heteroatoms. The highest BCUT2D eigenvalue weighted by Gasteiger charge is 2.11. The molecule has 2 N–H and O–H groups in total. The maximum Gasteiger partial charge on any atom is 0.289 e. The summed E-state index contributed by atoms with van der Waals surface area (Å²) in [7, 11) is 0. The van der Waals surface area contributed by atoms with Gasteiger partial charge in [-0.25, -0.2) is 5.43 Å². The summed E-state index contributed by atoms with van der Waals surface area (Å²) in [5.74, 6) is 1.08. The molecule has 0 unspecified atom stereocenters. The van der Waals surface area contributed by atoms with Gasteiger partial charge < -0.3 is 4.74 Å². The van der Waals surface area contributed by atoms with Crippen LogP contribution in [-0.2, 0) is 0 Å². The first-order valence-corrected chi connectivity index (χ1v) is 9.88. The number of benzene rings is 3. The van der Waals surface area contributed by atoms with E-state index in [1.165, 1.54) is 11.1 Å². The first kappa shape index (κ1) is 20.1. The topological polar surface area (TPSA) is 79.4 Å². The number of carbonyl (C=O) groups excluding carboxylic acids is 1. The highest BCUT2D eigenvalue weighted by molar-refractivity contribution is 5.94. The summed E-state index contributed by atoms with van der Waals surface area (Å²) in [6, 6.07) is 24.8. The van der Waals surface area contributed by atoms with Gasteiger partial charge in [0.2, 0.25) is 0 Å². The number of hydrogen-bond acceptors (Lipinski definition) is 4. The van der Waals surface area contributed by atoms with Gasteiger partial charge in [0.15, 0.2) is 0 Å². The van der Waals surface area contributed by atoms with E-state index in [9.17, 15) is 4.79 Å². The van der Waals surface area contributed by atoms with Crippen LogP contribution in [0.2, 0.25) is 0 Å². The average molecular weight is 410 g/mol. The average Bonchev–Trinajstić information content (AvgIpc) is 3.27. The number of aryl methyl sites for hydroxylation is 2. The lowest BCUT2D eigenvalue weighted by Crippen LogP contribution is -2.18. The second-order valence-electron chi connectivity index (χ2n) is 7.15. The van der Waals surface area contributed by atoms with Crippen molar-refractivity contribution in [1.29, 1.82) is 0 Å². The Morgan fingerprint density at radius 2 is 1.74 bits per heavy atom. The molecular weight excluding hydrogens is 388 g/mol. The number of rotatable bonds is 6. The largest absolute Gasteiger partial charge is 0.457 e. The van der Waals surface area contributed by atoms with Crippen LogP contribution in [0.15, 0.2) is 84.0 Å². The predicted octanol–water partition coefficient (Wildman–Crippen LogP) is 5.25. The number of hydrazone groups is 1. The standard InChI is InChI=1S/C25H22N4O2/c1-17-11-12-20(13-18(17)2)23-15-24(28-27-23)25(30)29-26-16-19-7-6-10-22(14-19)31-21-8-4-3-5-9-21/h3-16H,1-2H3,(H,27,28)(H,29,30)/b26-16-. The molecule has 31 heavy (non-hydrogen) atoms. The van der Waals surface area contributed by atoms with Crippen LogP contribution in [0.5, 0.6) is 11.5 Å². The number of amides is 1. The van der Waals surface area contributed by atoms with Crippen molar-refractivity contribution in [1.82, 2.24) is 15.6 Å². The van der Waals surface area contributed by atoms with Gasteiger partial charge in [-0.15, -0.1) is 0 Å². The van der Waals surface area contributed by atoms with Crippen LogP contribution in [0.25, 0.3) is 11.3 Å². The van der Waals surface area contributed by atoms with E-state index in [0.29, 0.717) is 17.1 Å². The van der Waals surface area contributed by atoms with Crippen LogP contribution in [0.1, 0.15) is 27.2 Å². The lowest BCUT2D eigenvalue weighted by Gasteiger charge is -2.05. The molecule has 4 aromatic rings. The molecule has 154 valence electrons. The molecule has 1 amide bonds. The van der Waals surface area contributed by atoms with Gasteiger partial charge in [0.1, 0.15) is 17.2 Å². The number of hydrogen-bond donors (Lipinski definition) is 2. The van der Waals surface area contributed by atoms with Crippen LogP contribution in [0.3, 0.4) is 0 Å². The summed E-state index contributed by atoms with van der Waals surface area (Å²) in [4.78, 5) is 12.4. The fourth-order valence-electron chi connectivity index (χ4n) is 3.00. The Bertz CT molecular complexity index is 1230. The SMILES string of the molecule is Cc1ccc(-c2cc(C(=O)N/N=C\c3cccc(Oc4ccccc4)c3)[nH]n2)cc1C. The Labute approximate surface area is 180 Å². The molecule has 0 aliphatic carbocycles.